The van der Waals surface area contributed by atoms with Crippen LogP contribution in [-0.4, -0.2) is 23.9 Å². The van der Waals surface area contributed by atoms with Gasteiger partial charge in [-0.05, 0) is 49.7 Å². The second-order valence-electron chi connectivity index (χ2n) is 5.18. The highest BCUT2D eigenvalue weighted by Crippen LogP contribution is 2.24. The molecule has 6 heteroatoms. The third-order valence-electron chi connectivity index (χ3n) is 3.61. The van der Waals surface area contributed by atoms with E-state index in [-0.39, 0.29) is 4.90 Å². The molecule has 3 rings (SSSR count). The summed E-state index contributed by atoms with van der Waals surface area (Å²) in [6.07, 6.45) is 3.83. The predicted molar refractivity (Wildman–Crippen MR) is 86.3 cm³/mol. The molecule has 0 aliphatic heterocycles. The number of benzene rings is 1. The zero-order chi connectivity index (χ0) is 15.7. The molecule has 1 aromatic carbocycles. The number of nitrogens with two attached hydrogens (primary N) is 1. The first kappa shape index (κ1) is 14.7. The molecule has 0 saturated heterocycles. The lowest BCUT2D eigenvalue weighted by molar-refractivity contribution is 0.588. The molecule has 0 amide bonds. The molecule has 5 nitrogen and oxygen atoms in total. The van der Waals surface area contributed by atoms with Crippen molar-refractivity contribution in [1.82, 2.24) is 8.96 Å². The SMILES string of the molecule is Cc1ccc(S(=O)(=O)n2cc(CCN)c3cccnc32)cc1. The molecule has 22 heavy (non-hydrogen) atoms. The smallest absolute Gasteiger partial charge is 0.269 e. The fraction of sp³-hybridized carbons (Fsp3) is 0.188. The Labute approximate surface area is 129 Å². The van der Waals surface area contributed by atoms with E-state index in [1.807, 2.05) is 13.0 Å². The van der Waals surface area contributed by atoms with Crippen LogP contribution in [0.3, 0.4) is 0 Å². The summed E-state index contributed by atoms with van der Waals surface area (Å²) in [5.74, 6) is 0. The average molecular weight is 315 g/mol. The average Bonchev–Trinajstić information content (AvgIpc) is 2.88. The molecule has 0 bridgehead atoms. The number of aromatic nitrogens is 2. The lowest BCUT2D eigenvalue weighted by Gasteiger charge is -2.07. The molecule has 0 unspecified atom stereocenters. The van der Waals surface area contributed by atoms with Crippen molar-refractivity contribution in [2.75, 3.05) is 6.54 Å². The lowest BCUT2D eigenvalue weighted by atomic mass is 10.2. The molecular formula is C16H17N3O2S. The maximum atomic E-state index is 12.9. The van der Waals surface area contributed by atoms with Crippen LogP contribution < -0.4 is 5.73 Å². The van der Waals surface area contributed by atoms with Crippen molar-refractivity contribution in [3.8, 4) is 0 Å². The van der Waals surface area contributed by atoms with Crippen molar-refractivity contribution >= 4 is 21.1 Å². The summed E-state index contributed by atoms with van der Waals surface area (Å²) in [4.78, 5) is 4.49. The topological polar surface area (TPSA) is 78.0 Å². The summed E-state index contributed by atoms with van der Waals surface area (Å²) in [6, 6.07) is 10.5. The third-order valence-corrected chi connectivity index (χ3v) is 5.27. The van der Waals surface area contributed by atoms with Gasteiger partial charge in [0.2, 0.25) is 0 Å². The van der Waals surface area contributed by atoms with Gasteiger partial charge in [0, 0.05) is 17.8 Å². The van der Waals surface area contributed by atoms with E-state index in [2.05, 4.69) is 4.98 Å². The Bertz CT molecular complexity index is 912. The molecule has 2 N–H and O–H groups in total. The Morgan fingerprint density at radius 1 is 1.18 bits per heavy atom. The van der Waals surface area contributed by atoms with Crippen LogP contribution in [0.5, 0.6) is 0 Å². The molecule has 0 spiro atoms. The number of hydrogen-bond donors (Lipinski definition) is 1. The van der Waals surface area contributed by atoms with Crippen LogP contribution in [0.2, 0.25) is 0 Å². The van der Waals surface area contributed by atoms with Crippen molar-refractivity contribution in [3.63, 3.8) is 0 Å². The van der Waals surface area contributed by atoms with Crippen molar-refractivity contribution in [3.05, 3.63) is 59.9 Å². The van der Waals surface area contributed by atoms with Gasteiger partial charge in [0.05, 0.1) is 4.90 Å². The van der Waals surface area contributed by atoms with Crippen molar-refractivity contribution < 1.29 is 8.42 Å². The van der Waals surface area contributed by atoms with Gasteiger partial charge in [-0.2, -0.15) is 0 Å². The van der Waals surface area contributed by atoms with Gasteiger partial charge in [-0.15, -0.1) is 0 Å². The third kappa shape index (κ3) is 2.40. The molecule has 114 valence electrons. The summed E-state index contributed by atoms with van der Waals surface area (Å²) in [7, 11) is -3.67. The second kappa shape index (κ2) is 5.55. The monoisotopic (exact) mass is 315 g/mol. The first-order valence-electron chi connectivity index (χ1n) is 7.01. The zero-order valence-corrected chi connectivity index (χ0v) is 13.0. The van der Waals surface area contributed by atoms with Gasteiger partial charge in [0.25, 0.3) is 10.0 Å². The van der Waals surface area contributed by atoms with E-state index >= 15 is 0 Å². The first-order valence-corrected chi connectivity index (χ1v) is 8.45. The highest BCUT2D eigenvalue weighted by Gasteiger charge is 2.21. The van der Waals surface area contributed by atoms with Crippen LogP contribution in [0.15, 0.2) is 53.7 Å². The Balaban J connectivity index is 2.23. The standard InChI is InChI=1S/C16H17N3O2S/c1-12-4-6-14(7-5-12)22(20,21)19-11-13(8-9-17)15-3-2-10-18-16(15)19/h2-7,10-11H,8-9,17H2,1H3. The van der Waals surface area contributed by atoms with Crippen LogP contribution in [0.25, 0.3) is 11.0 Å². The number of rotatable bonds is 4. The normalized spacial score (nSPS) is 11.9. The summed E-state index contributed by atoms with van der Waals surface area (Å²) < 4.78 is 27.0. The van der Waals surface area contributed by atoms with E-state index in [0.29, 0.717) is 18.6 Å². The van der Waals surface area contributed by atoms with Crippen molar-refractivity contribution in [2.24, 2.45) is 5.73 Å². The van der Waals surface area contributed by atoms with Crippen LogP contribution in [0.1, 0.15) is 11.1 Å². The van der Waals surface area contributed by atoms with E-state index in [9.17, 15) is 8.42 Å². The van der Waals surface area contributed by atoms with Crippen LogP contribution in [0, 0.1) is 6.92 Å². The van der Waals surface area contributed by atoms with E-state index in [1.165, 1.54) is 3.97 Å². The number of fused-ring (bicyclic) bond motifs is 1. The second-order valence-corrected chi connectivity index (χ2v) is 7.00. The summed E-state index contributed by atoms with van der Waals surface area (Å²) in [6.45, 7) is 2.38. The Morgan fingerprint density at radius 2 is 1.91 bits per heavy atom. The number of nitrogens with zero attached hydrogens (tertiary/aromatic N) is 2. The minimum Gasteiger partial charge on any atom is -0.330 e. The zero-order valence-electron chi connectivity index (χ0n) is 12.2. The van der Waals surface area contributed by atoms with E-state index in [0.717, 1.165) is 16.5 Å². The van der Waals surface area contributed by atoms with Crippen LogP contribution in [0.4, 0.5) is 0 Å². The van der Waals surface area contributed by atoms with E-state index in [4.69, 9.17) is 5.73 Å². The van der Waals surface area contributed by atoms with E-state index in [1.54, 1.807) is 42.7 Å². The summed E-state index contributed by atoms with van der Waals surface area (Å²) >= 11 is 0. The molecule has 0 fully saturated rings. The fourth-order valence-electron chi connectivity index (χ4n) is 2.46. The van der Waals surface area contributed by atoms with Crippen LogP contribution in [-0.2, 0) is 16.4 Å². The van der Waals surface area contributed by atoms with Gasteiger partial charge in [0.1, 0.15) is 0 Å². The maximum absolute atomic E-state index is 12.9. The minimum atomic E-state index is -3.67. The van der Waals surface area contributed by atoms with Gasteiger partial charge < -0.3 is 5.73 Å². The largest absolute Gasteiger partial charge is 0.330 e. The van der Waals surface area contributed by atoms with Crippen molar-refractivity contribution in [1.29, 1.82) is 0 Å². The summed E-state index contributed by atoms with van der Waals surface area (Å²) in [5, 5.41) is 0.823. The molecular weight excluding hydrogens is 298 g/mol. The molecule has 2 heterocycles. The number of hydrogen-bond acceptors (Lipinski definition) is 4. The fourth-order valence-corrected chi connectivity index (χ4v) is 3.80. The highest BCUT2D eigenvalue weighted by atomic mass is 32.2. The summed E-state index contributed by atoms with van der Waals surface area (Å²) in [5.41, 5.74) is 7.96. The quantitative estimate of drug-likeness (QED) is 0.799. The number of pyridine rings is 1. The molecule has 0 radical (unpaired) electrons. The first-order chi connectivity index (χ1) is 10.5. The van der Waals surface area contributed by atoms with Gasteiger partial charge in [0.15, 0.2) is 5.65 Å². The molecule has 0 aliphatic rings. The predicted octanol–water partition coefficient (Wildman–Crippen LogP) is 2.08. The number of aryl methyl sites for hydroxylation is 1. The van der Waals surface area contributed by atoms with Gasteiger partial charge >= 0.3 is 0 Å². The van der Waals surface area contributed by atoms with Crippen LogP contribution >= 0.6 is 0 Å². The Hall–Kier alpha value is -2.18. The Kier molecular flexibility index (Phi) is 3.72. The highest BCUT2D eigenvalue weighted by molar-refractivity contribution is 7.90. The molecule has 0 aliphatic carbocycles. The van der Waals surface area contributed by atoms with E-state index < -0.39 is 10.0 Å². The lowest BCUT2D eigenvalue weighted by Crippen LogP contribution is -2.12. The van der Waals surface area contributed by atoms with Gasteiger partial charge in [-0.1, -0.05) is 17.7 Å². The molecule has 0 saturated carbocycles. The van der Waals surface area contributed by atoms with Gasteiger partial charge in [-0.25, -0.2) is 17.4 Å². The van der Waals surface area contributed by atoms with Crippen molar-refractivity contribution in [2.45, 2.75) is 18.2 Å². The Morgan fingerprint density at radius 3 is 2.59 bits per heavy atom. The minimum absolute atomic E-state index is 0.250. The molecule has 2 aromatic heterocycles. The maximum Gasteiger partial charge on any atom is 0.269 e. The molecule has 3 aromatic rings. The molecule has 0 atom stereocenters. The van der Waals surface area contributed by atoms with Gasteiger partial charge in [-0.3, -0.25) is 0 Å².